The number of benzene rings is 2. The SMILES string of the molecule is COCCN(Cc1nc(Cc2ccccc2)n(-c2ccc(S(N)(=O)=O)cc2F)n1)C(C)(C)C. The van der Waals surface area contributed by atoms with Crippen molar-refractivity contribution in [3.8, 4) is 5.69 Å². The van der Waals surface area contributed by atoms with E-state index in [1.54, 1.807) is 7.11 Å². The Morgan fingerprint density at radius 2 is 1.85 bits per heavy atom. The van der Waals surface area contributed by atoms with Crippen LogP contribution in [0.4, 0.5) is 4.39 Å². The number of ether oxygens (including phenoxy) is 1. The Bertz CT molecular complexity index is 1190. The number of halogens is 1. The summed E-state index contributed by atoms with van der Waals surface area (Å²) in [6, 6.07) is 13.2. The highest BCUT2D eigenvalue weighted by molar-refractivity contribution is 7.89. The highest BCUT2D eigenvalue weighted by Crippen LogP contribution is 2.22. The molecule has 0 atom stereocenters. The molecule has 0 saturated carbocycles. The lowest BCUT2D eigenvalue weighted by atomic mass is 10.1. The predicted molar refractivity (Wildman–Crippen MR) is 124 cm³/mol. The number of sulfonamides is 1. The molecule has 1 aromatic heterocycles. The first kappa shape index (κ1) is 25.0. The fourth-order valence-corrected chi connectivity index (χ4v) is 3.93. The number of hydrogen-bond acceptors (Lipinski definition) is 6. The van der Waals surface area contributed by atoms with Crippen LogP contribution in [-0.2, 0) is 27.7 Å². The van der Waals surface area contributed by atoms with Gasteiger partial charge in [-0.15, -0.1) is 5.10 Å². The van der Waals surface area contributed by atoms with Crippen LogP contribution < -0.4 is 5.14 Å². The first-order chi connectivity index (χ1) is 15.5. The molecular formula is C23H30FN5O3S. The van der Waals surface area contributed by atoms with Crippen molar-refractivity contribution in [1.82, 2.24) is 19.7 Å². The van der Waals surface area contributed by atoms with Crippen LogP contribution in [0, 0.1) is 5.82 Å². The molecule has 0 aliphatic heterocycles. The van der Waals surface area contributed by atoms with E-state index in [1.165, 1.54) is 16.8 Å². The van der Waals surface area contributed by atoms with E-state index < -0.39 is 15.8 Å². The van der Waals surface area contributed by atoms with E-state index in [-0.39, 0.29) is 16.1 Å². The molecule has 3 rings (SSSR count). The van der Waals surface area contributed by atoms with Crippen LogP contribution in [0.5, 0.6) is 0 Å². The molecule has 1 heterocycles. The molecule has 3 aromatic rings. The molecule has 0 fully saturated rings. The molecule has 0 spiro atoms. The van der Waals surface area contributed by atoms with Gasteiger partial charge in [-0.3, -0.25) is 4.90 Å². The molecule has 2 N–H and O–H groups in total. The lowest BCUT2D eigenvalue weighted by molar-refractivity contribution is 0.0784. The molecule has 2 aromatic carbocycles. The number of aromatic nitrogens is 3. The minimum absolute atomic E-state index is 0.103. The van der Waals surface area contributed by atoms with E-state index in [0.29, 0.717) is 37.8 Å². The highest BCUT2D eigenvalue weighted by Gasteiger charge is 2.24. The summed E-state index contributed by atoms with van der Waals surface area (Å²) in [4.78, 5) is 6.60. The zero-order chi connectivity index (χ0) is 24.2. The molecule has 0 unspecified atom stereocenters. The molecule has 0 aliphatic rings. The number of nitrogens with zero attached hydrogens (tertiary/aromatic N) is 4. The Labute approximate surface area is 194 Å². The maximum Gasteiger partial charge on any atom is 0.238 e. The first-order valence-corrected chi connectivity index (χ1v) is 12.1. The topological polar surface area (TPSA) is 103 Å². The first-order valence-electron chi connectivity index (χ1n) is 10.5. The van der Waals surface area contributed by atoms with E-state index in [0.717, 1.165) is 11.6 Å². The van der Waals surface area contributed by atoms with E-state index in [9.17, 15) is 12.8 Å². The van der Waals surface area contributed by atoms with Gasteiger partial charge in [0, 0.05) is 25.6 Å². The summed E-state index contributed by atoms with van der Waals surface area (Å²) in [6.45, 7) is 7.96. The van der Waals surface area contributed by atoms with Gasteiger partial charge in [0.2, 0.25) is 10.0 Å². The summed E-state index contributed by atoms with van der Waals surface area (Å²) >= 11 is 0. The third-order valence-electron chi connectivity index (χ3n) is 5.25. The third kappa shape index (κ3) is 6.44. The van der Waals surface area contributed by atoms with Crippen LogP contribution in [0.3, 0.4) is 0 Å². The van der Waals surface area contributed by atoms with Crippen LogP contribution in [0.2, 0.25) is 0 Å². The highest BCUT2D eigenvalue weighted by atomic mass is 32.2. The second kappa shape index (κ2) is 10.1. The summed E-state index contributed by atoms with van der Waals surface area (Å²) in [6.07, 6.45) is 0.428. The lowest BCUT2D eigenvalue weighted by Crippen LogP contribution is -2.42. The maximum absolute atomic E-state index is 15.0. The summed E-state index contributed by atoms with van der Waals surface area (Å²) < 4.78 is 44.9. The van der Waals surface area contributed by atoms with Crippen molar-refractivity contribution in [2.75, 3.05) is 20.3 Å². The molecule has 0 amide bonds. The molecule has 33 heavy (non-hydrogen) atoms. The number of primary sulfonamides is 1. The molecule has 10 heteroatoms. The molecular weight excluding hydrogens is 445 g/mol. The number of rotatable bonds is 9. The van der Waals surface area contributed by atoms with Crippen molar-refractivity contribution >= 4 is 10.0 Å². The van der Waals surface area contributed by atoms with Crippen LogP contribution in [0.1, 0.15) is 38.0 Å². The van der Waals surface area contributed by atoms with Crippen molar-refractivity contribution in [1.29, 1.82) is 0 Å². The van der Waals surface area contributed by atoms with Gasteiger partial charge in [0.05, 0.1) is 18.0 Å². The predicted octanol–water partition coefficient (Wildman–Crippen LogP) is 2.89. The summed E-state index contributed by atoms with van der Waals surface area (Å²) in [7, 11) is -2.37. The minimum Gasteiger partial charge on any atom is -0.383 e. The van der Waals surface area contributed by atoms with E-state index in [2.05, 4.69) is 30.8 Å². The molecule has 178 valence electrons. The van der Waals surface area contributed by atoms with Crippen LogP contribution in [0.15, 0.2) is 53.4 Å². The van der Waals surface area contributed by atoms with E-state index >= 15 is 0 Å². The van der Waals surface area contributed by atoms with Crippen LogP contribution in [-0.4, -0.2) is 53.9 Å². The van der Waals surface area contributed by atoms with Crippen LogP contribution >= 0.6 is 0 Å². The van der Waals surface area contributed by atoms with Gasteiger partial charge in [0.25, 0.3) is 0 Å². The zero-order valence-electron chi connectivity index (χ0n) is 19.3. The average Bonchev–Trinajstić information content (AvgIpc) is 3.12. The molecule has 8 nitrogen and oxygen atoms in total. The lowest BCUT2D eigenvalue weighted by Gasteiger charge is -2.34. The largest absolute Gasteiger partial charge is 0.383 e. The molecule has 0 saturated heterocycles. The smallest absolute Gasteiger partial charge is 0.238 e. The number of hydrogen-bond donors (Lipinski definition) is 1. The van der Waals surface area contributed by atoms with Gasteiger partial charge in [0.15, 0.2) is 5.82 Å². The Morgan fingerprint density at radius 3 is 2.42 bits per heavy atom. The monoisotopic (exact) mass is 475 g/mol. The quantitative estimate of drug-likeness (QED) is 0.510. The fraction of sp³-hybridized carbons (Fsp3) is 0.391. The second-order valence-corrected chi connectivity index (χ2v) is 10.3. The van der Waals surface area contributed by atoms with Gasteiger partial charge in [-0.25, -0.2) is 27.6 Å². The number of nitrogens with two attached hydrogens (primary N) is 1. The fourth-order valence-electron chi connectivity index (χ4n) is 3.40. The van der Waals surface area contributed by atoms with Crippen LogP contribution in [0.25, 0.3) is 5.69 Å². The Kier molecular flexibility index (Phi) is 7.63. The summed E-state index contributed by atoms with van der Waals surface area (Å²) in [5, 5.41) is 9.73. The van der Waals surface area contributed by atoms with Gasteiger partial charge in [-0.2, -0.15) is 0 Å². The zero-order valence-corrected chi connectivity index (χ0v) is 20.1. The van der Waals surface area contributed by atoms with E-state index in [1.807, 2.05) is 30.3 Å². The van der Waals surface area contributed by atoms with Crippen molar-refractivity contribution in [3.63, 3.8) is 0 Å². The number of methoxy groups -OCH3 is 1. The normalized spacial score (nSPS) is 12.5. The van der Waals surface area contributed by atoms with Gasteiger partial charge < -0.3 is 4.74 Å². The Morgan fingerprint density at radius 1 is 1.15 bits per heavy atom. The van der Waals surface area contributed by atoms with Gasteiger partial charge in [-0.05, 0) is 44.5 Å². The standard InChI is InChI=1S/C23H30FN5O3S/c1-23(2,3)28(12-13-32-4)16-21-26-22(14-17-8-6-5-7-9-17)29(27-21)20-11-10-18(15-19(20)24)33(25,30)31/h5-11,15H,12-14,16H2,1-4H3,(H2,25,30,31). The van der Waals surface area contributed by atoms with E-state index in [4.69, 9.17) is 14.9 Å². The van der Waals surface area contributed by atoms with Gasteiger partial charge in [0.1, 0.15) is 17.3 Å². The van der Waals surface area contributed by atoms with Crippen molar-refractivity contribution in [2.24, 2.45) is 5.14 Å². The Hall–Kier alpha value is -2.66. The van der Waals surface area contributed by atoms with Crippen molar-refractivity contribution in [2.45, 2.75) is 44.2 Å². The summed E-state index contributed by atoms with van der Waals surface area (Å²) in [5.41, 5.74) is 0.934. The van der Waals surface area contributed by atoms with Crippen molar-refractivity contribution in [3.05, 3.63) is 71.6 Å². The molecule has 0 radical (unpaired) electrons. The molecule has 0 aliphatic carbocycles. The average molecular weight is 476 g/mol. The Balaban J connectivity index is 2.03. The minimum atomic E-state index is -4.02. The summed E-state index contributed by atoms with van der Waals surface area (Å²) in [5.74, 6) is 0.320. The van der Waals surface area contributed by atoms with Gasteiger partial charge in [-0.1, -0.05) is 30.3 Å². The maximum atomic E-state index is 15.0. The second-order valence-electron chi connectivity index (χ2n) is 8.76. The third-order valence-corrected chi connectivity index (χ3v) is 6.16. The van der Waals surface area contributed by atoms with Gasteiger partial charge >= 0.3 is 0 Å². The molecule has 0 bridgehead atoms. The van der Waals surface area contributed by atoms with Crippen molar-refractivity contribution < 1.29 is 17.5 Å².